The van der Waals surface area contributed by atoms with Gasteiger partial charge in [0, 0.05) is 21.3 Å². The number of H-pyrrole nitrogens is 2. The van der Waals surface area contributed by atoms with Crippen LogP contribution in [0.2, 0.25) is 10.0 Å². The molecule has 18 heteroatoms. The minimum absolute atomic E-state index is 0. The van der Waals surface area contributed by atoms with E-state index in [1.807, 2.05) is 0 Å². The van der Waals surface area contributed by atoms with Crippen LogP contribution in [0, 0.1) is 0 Å². The van der Waals surface area contributed by atoms with E-state index >= 15 is 0 Å². The quantitative estimate of drug-likeness (QED) is 0.153. The maximum atomic E-state index is 10.7. The SMILES string of the molecule is O=P(O)(O)Oc1c[nH]c2ccc(Br)c(Cl)c12.O=P([O-])([O-])Oc1c[nH]c2ccc(Br)c(Cl)c12.[Na+].[Na+]. The van der Waals surface area contributed by atoms with E-state index in [1.54, 1.807) is 24.3 Å². The summed E-state index contributed by atoms with van der Waals surface area (Å²) in [5, 5.41) is 1.40. The number of phosphoric ester groups is 2. The van der Waals surface area contributed by atoms with Crippen molar-refractivity contribution in [3.8, 4) is 11.5 Å². The minimum atomic E-state index is -5.09. The summed E-state index contributed by atoms with van der Waals surface area (Å²) in [6.07, 6.45) is 2.62. The first-order chi connectivity index (χ1) is 14.8. The Morgan fingerprint density at radius 3 is 1.53 bits per heavy atom. The number of nitrogens with one attached hydrogen (secondary N) is 2. The van der Waals surface area contributed by atoms with Crippen molar-refractivity contribution in [1.82, 2.24) is 9.97 Å². The molecule has 0 spiro atoms. The van der Waals surface area contributed by atoms with Crippen molar-refractivity contribution in [3.05, 3.63) is 55.6 Å². The van der Waals surface area contributed by atoms with Crippen LogP contribution in [0.25, 0.3) is 21.8 Å². The molecule has 0 saturated carbocycles. The summed E-state index contributed by atoms with van der Waals surface area (Å²) in [5.74, 6) is -0.0794. The molecule has 2 aromatic heterocycles. The Labute approximate surface area is 263 Å². The summed E-state index contributed by atoms with van der Waals surface area (Å²) in [5.41, 5.74) is 1.22. The maximum Gasteiger partial charge on any atom is 1.00 e. The van der Waals surface area contributed by atoms with Gasteiger partial charge in [0.15, 0.2) is 11.5 Å². The van der Waals surface area contributed by atoms with Gasteiger partial charge in [0.05, 0.1) is 31.9 Å². The summed E-state index contributed by atoms with van der Waals surface area (Å²) in [6.45, 7) is 0. The van der Waals surface area contributed by atoms with Crippen molar-refractivity contribution in [3.63, 3.8) is 0 Å². The van der Waals surface area contributed by atoms with Gasteiger partial charge in [-0.3, -0.25) is 9.79 Å². The number of hydrogen-bond acceptors (Lipinski definition) is 6. The predicted molar refractivity (Wildman–Crippen MR) is 123 cm³/mol. The average molecular weight is 697 g/mol. The Hall–Kier alpha value is 0.960. The molecule has 0 aliphatic rings. The van der Waals surface area contributed by atoms with Gasteiger partial charge in [-0.15, -0.1) is 0 Å². The Kier molecular flexibility index (Phi) is 12.8. The summed E-state index contributed by atoms with van der Waals surface area (Å²) in [4.78, 5) is 44.1. The second-order valence-electron chi connectivity index (χ2n) is 5.99. The Bertz CT molecular complexity index is 1300. The van der Waals surface area contributed by atoms with Crippen molar-refractivity contribution in [1.29, 1.82) is 0 Å². The monoisotopic (exact) mass is 694 g/mol. The van der Waals surface area contributed by atoms with Crippen LogP contribution in [0.5, 0.6) is 11.5 Å². The maximum absolute atomic E-state index is 10.7. The van der Waals surface area contributed by atoms with Crippen molar-refractivity contribution in [2.75, 3.05) is 0 Å². The zero-order chi connectivity index (χ0) is 23.8. The van der Waals surface area contributed by atoms with Crippen LogP contribution in [-0.2, 0) is 9.13 Å². The number of hydrogen-bond donors (Lipinski definition) is 4. The first-order valence-electron chi connectivity index (χ1n) is 8.14. The van der Waals surface area contributed by atoms with Gasteiger partial charge < -0.3 is 33.4 Å². The minimum Gasteiger partial charge on any atom is -0.780 e. The summed E-state index contributed by atoms with van der Waals surface area (Å²) >= 11 is 18.4. The fourth-order valence-electron chi connectivity index (χ4n) is 2.65. The number of aromatic amines is 2. The Morgan fingerprint density at radius 2 is 1.18 bits per heavy atom. The molecule has 4 rings (SSSR count). The molecule has 0 atom stereocenters. The summed E-state index contributed by atoms with van der Waals surface area (Å²) < 4.78 is 31.3. The fraction of sp³-hybridized carbons (Fsp3) is 0. The molecule has 2 aromatic carbocycles. The number of benzene rings is 2. The zero-order valence-corrected chi connectivity index (χ0v) is 27.7. The van der Waals surface area contributed by atoms with E-state index in [-0.39, 0.29) is 75.6 Å². The van der Waals surface area contributed by atoms with Crippen LogP contribution in [0.1, 0.15) is 0 Å². The molecule has 0 saturated heterocycles. The van der Waals surface area contributed by atoms with Crippen molar-refractivity contribution >= 4 is 92.5 Å². The number of fused-ring (bicyclic) bond motifs is 2. The molecular weight excluding hydrogens is 687 g/mol. The number of rotatable bonds is 4. The smallest absolute Gasteiger partial charge is 0.780 e. The molecule has 4 aromatic rings. The van der Waals surface area contributed by atoms with Crippen LogP contribution in [-0.4, -0.2) is 19.8 Å². The van der Waals surface area contributed by atoms with E-state index in [0.717, 1.165) is 0 Å². The molecule has 0 amide bonds. The van der Waals surface area contributed by atoms with Gasteiger partial charge in [0.25, 0.3) is 0 Å². The van der Waals surface area contributed by atoms with Gasteiger partial charge in [-0.05, 0) is 56.1 Å². The zero-order valence-electron chi connectivity index (χ0n) is 17.2. The molecular formula is C16H10Br2Cl2N2Na2O8P2. The van der Waals surface area contributed by atoms with Crippen molar-refractivity contribution in [2.24, 2.45) is 0 Å². The largest absolute Gasteiger partial charge is 1.00 e. The molecule has 0 fully saturated rings. The third kappa shape index (κ3) is 8.49. The van der Waals surface area contributed by atoms with Crippen LogP contribution in [0.15, 0.2) is 45.6 Å². The molecule has 34 heavy (non-hydrogen) atoms. The topological polar surface area (TPSA) is 171 Å². The van der Waals surface area contributed by atoms with Gasteiger partial charge in [0.1, 0.15) is 7.82 Å². The van der Waals surface area contributed by atoms with Gasteiger partial charge in [-0.1, -0.05) is 23.2 Å². The fourth-order valence-corrected chi connectivity index (χ4v) is 4.61. The summed E-state index contributed by atoms with van der Waals surface area (Å²) in [6, 6.07) is 6.82. The van der Waals surface area contributed by atoms with Gasteiger partial charge in [0.2, 0.25) is 0 Å². The van der Waals surface area contributed by atoms with Crippen LogP contribution >= 0.6 is 70.7 Å². The molecule has 0 aliphatic heterocycles. The molecule has 10 nitrogen and oxygen atoms in total. The van der Waals surface area contributed by atoms with Crippen molar-refractivity contribution < 1.29 is 96.9 Å². The van der Waals surface area contributed by atoms with Crippen LogP contribution < -0.4 is 77.9 Å². The van der Waals surface area contributed by atoms with E-state index in [0.29, 0.717) is 35.8 Å². The molecule has 0 radical (unpaired) electrons. The van der Waals surface area contributed by atoms with E-state index in [2.05, 4.69) is 50.9 Å². The number of halogens is 4. The average Bonchev–Trinajstić information content (AvgIpc) is 3.24. The third-order valence-corrected chi connectivity index (χ3v) is 7.25. The van der Waals surface area contributed by atoms with Crippen LogP contribution in [0.3, 0.4) is 0 Å². The second-order valence-corrected chi connectivity index (χ2v) is 10.7. The molecule has 172 valence electrons. The van der Waals surface area contributed by atoms with Crippen molar-refractivity contribution in [2.45, 2.75) is 0 Å². The first kappa shape index (κ1) is 33.0. The Balaban J connectivity index is 0.000000321. The second kappa shape index (κ2) is 13.2. The molecule has 0 bridgehead atoms. The van der Waals surface area contributed by atoms with Crippen LogP contribution in [0.4, 0.5) is 0 Å². The molecule has 2 heterocycles. The van der Waals surface area contributed by atoms with Gasteiger partial charge >= 0.3 is 66.9 Å². The first-order valence-corrected chi connectivity index (χ1v) is 13.5. The normalized spacial score (nSPS) is 11.3. The standard InChI is InChI=1S/2C8H6BrClNO4P.2Na/c2*9-4-1-2-5-7(8(4)10)6(3-11-5)15-16(12,13)14;;/h2*1-3,11H,(H2,12,13,14);;/q;;2*+1/p-2. The van der Waals surface area contributed by atoms with E-state index in [4.69, 9.17) is 33.0 Å². The predicted octanol–water partition coefficient (Wildman–Crippen LogP) is -1.15. The van der Waals surface area contributed by atoms with Gasteiger partial charge in [-0.2, -0.15) is 0 Å². The molecule has 0 unspecified atom stereocenters. The third-order valence-electron chi connectivity index (χ3n) is 3.83. The van der Waals surface area contributed by atoms with E-state index in [1.165, 1.54) is 12.4 Å². The number of aromatic nitrogens is 2. The molecule has 0 aliphatic carbocycles. The van der Waals surface area contributed by atoms with E-state index < -0.39 is 15.6 Å². The van der Waals surface area contributed by atoms with Gasteiger partial charge in [-0.25, -0.2) is 4.57 Å². The van der Waals surface area contributed by atoms with E-state index in [9.17, 15) is 18.9 Å². The number of phosphoric acid groups is 2. The molecule has 4 N–H and O–H groups in total. The Morgan fingerprint density at radius 1 is 0.794 bits per heavy atom. The summed E-state index contributed by atoms with van der Waals surface area (Å²) in [7, 11) is -9.68.